The van der Waals surface area contributed by atoms with Gasteiger partial charge in [0.15, 0.2) is 17.5 Å². The standard InChI is InChI=1S/C51H34N4O/c1-5-13-35(14-6-1)37-21-23-40(24-22-37)50-52-49(39-17-9-3-10-18-39)53-51(54-50)41-27-31-45-46-34-44(30-32-47(46)56-48(45)33-41)55(42-19-11-4-12-20-42)43-28-25-38(26-29-43)36-15-7-2-8-16-36/h1-34H. The summed E-state index contributed by atoms with van der Waals surface area (Å²) in [5.74, 6) is 1.81. The molecule has 5 heteroatoms. The number of rotatable bonds is 8. The number of para-hydroxylation sites is 1. The van der Waals surface area contributed by atoms with Crippen LogP contribution >= 0.6 is 0 Å². The van der Waals surface area contributed by atoms with Gasteiger partial charge in [-0.25, -0.2) is 15.0 Å². The van der Waals surface area contributed by atoms with Gasteiger partial charge in [-0.2, -0.15) is 0 Å². The summed E-state index contributed by atoms with van der Waals surface area (Å²) in [5.41, 5.74) is 12.1. The summed E-state index contributed by atoms with van der Waals surface area (Å²) in [7, 11) is 0. The third-order valence-corrected chi connectivity index (χ3v) is 10.1. The average molecular weight is 719 g/mol. The van der Waals surface area contributed by atoms with Crippen molar-refractivity contribution in [1.29, 1.82) is 0 Å². The molecule has 10 aromatic rings. The lowest BCUT2D eigenvalue weighted by Gasteiger charge is -2.25. The van der Waals surface area contributed by atoms with Crippen LogP contribution in [0.3, 0.4) is 0 Å². The monoisotopic (exact) mass is 718 g/mol. The fraction of sp³-hybridized carbons (Fsp3) is 0. The normalized spacial score (nSPS) is 11.2. The van der Waals surface area contributed by atoms with Crippen LogP contribution in [0.25, 0.3) is 78.4 Å². The highest BCUT2D eigenvalue weighted by molar-refractivity contribution is 6.07. The Morgan fingerprint density at radius 3 is 1.29 bits per heavy atom. The highest BCUT2D eigenvalue weighted by Crippen LogP contribution is 2.40. The maximum atomic E-state index is 6.52. The number of hydrogen-bond acceptors (Lipinski definition) is 5. The van der Waals surface area contributed by atoms with Crippen LogP contribution < -0.4 is 4.90 Å². The molecule has 0 atom stereocenters. The molecule has 0 aliphatic rings. The zero-order chi connectivity index (χ0) is 37.3. The Bertz CT molecular complexity index is 2930. The van der Waals surface area contributed by atoms with Crippen molar-refractivity contribution in [3.63, 3.8) is 0 Å². The number of benzene rings is 8. The first-order valence-corrected chi connectivity index (χ1v) is 18.7. The van der Waals surface area contributed by atoms with Crippen molar-refractivity contribution in [2.45, 2.75) is 0 Å². The largest absolute Gasteiger partial charge is 0.456 e. The van der Waals surface area contributed by atoms with E-state index in [2.05, 4.69) is 157 Å². The van der Waals surface area contributed by atoms with E-state index in [-0.39, 0.29) is 0 Å². The van der Waals surface area contributed by atoms with Gasteiger partial charge in [0.2, 0.25) is 0 Å². The van der Waals surface area contributed by atoms with Crippen molar-refractivity contribution in [2.24, 2.45) is 0 Å². The van der Waals surface area contributed by atoms with E-state index in [4.69, 9.17) is 19.4 Å². The molecule has 0 aliphatic carbocycles. The lowest BCUT2D eigenvalue weighted by Crippen LogP contribution is -2.09. The Morgan fingerprint density at radius 1 is 0.286 bits per heavy atom. The first-order chi connectivity index (χ1) is 27.7. The van der Waals surface area contributed by atoms with Crippen LogP contribution in [0.15, 0.2) is 211 Å². The van der Waals surface area contributed by atoms with Crippen molar-refractivity contribution in [2.75, 3.05) is 4.90 Å². The zero-order valence-electron chi connectivity index (χ0n) is 30.3. The van der Waals surface area contributed by atoms with Crippen molar-refractivity contribution in [3.8, 4) is 56.4 Å². The van der Waals surface area contributed by atoms with Crippen molar-refractivity contribution >= 4 is 39.0 Å². The lowest BCUT2D eigenvalue weighted by atomic mass is 10.0. The Balaban J connectivity index is 1.04. The zero-order valence-corrected chi connectivity index (χ0v) is 30.3. The van der Waals surface area contributed by atoms with Gasteiger partial charge in [0.05, 0.1) is 0 Å². The molecule has 0 amide bonds. The van der Waals surface area contributed by atoms with E-state index in [1.54, 1.807) is 0 Å². The molecule has 264 valence electrons. The van der Waals surface area contributed by atoms with Gasteiger partial charge in [-0.3, -0.25) is 0 Å². The summed E-state index contributed by atoms with van der Waals surface area (Å²) in [6.07, 6.45) is 0. The van der Waals surface area contributed by atoms with Gasteiger partial charge in [0.1, 0.15) is 11.2 Å². The molecule has 0 fully saturated rings. The molecule has 0 spiro atoms. The van der Waals surface area contributed by atoms with Crippen LogP contribution in [0.5, 0.6) is 0 Å². The summed E-state index contributed by atoms with van der Waals surface area (Å²) >= 11 is 0. The first-order valence-electron chi connectivity index (χ1n) is 18.7. The summed E-state index contributed by atoms with van der Waals surface area (Å²) < 4.78 is 6.52. The smallest absolute Gasteiger partial charge is 0.164 e. The molecule has 2 heterocycles. The molecule has 56 heavy (non-hydrogen) atoms. The summed E-state index contributed by atoms with van der Waals surface area (Å²) in [5, 5.41) is 2.05. The average Bonchev–Trinajstić information content (AvgIpc) is 3.65. The van der Waals surface area contributed by atoms with Gasteiger partial charge in [0.25, 0.3) is 0 Å². The van der Waals surface area contributed by atoms with Crippen LogP contribution in [0.4, 0.5) is 17.1 Å². The molecule has 0 N–H and O–H groups in total. The number of fused-ring (bicyclic) bond motifs is 3. The SMILES string of the molecule is c1ccc(-c2ccc(-c3nc(-c4ccccc4)nc(-c4ccc5c(c4)oc4ccc(N(c6ccccc6)c6ccc(-c7ccccc7)cc6)cc45)n3)cc2)cc1. The molecule has 10 rings (SSSR count). The van der Waals surface area contributed by atoms with Crippen molar-refractivity contribution < 1.29 is 4.42 Å². The molecule has 2 aromatic heterocycles. The van der Waals surface area contributed by atoms with Gasteiger partial charge in [-0.15, -0.1) is 0 Å². The second kappa shape index (κ2) is 14.3. The molecule has 0 unspecified atom stereocenters. The highest BCUT2D eigenvalue weighted by Gasteiger charge is 2.18. The maximum absolute atomic E-state index is 6.52. The van der Waals surface area contributed by atoms with Gasteiger partial charge in [0, 0.05) is 44.5 Å². The van der Waals surface area contributed by atoms with Crippen LogP contribution in [0.2, 0.25) is 0 Å². The third kappa shape index (κ3) is 6.37. The van der Waals surface area contributed by atoms with Crippen LogP contribution in [0, 0.1) is 0 Å². The number of nitrogens with zero attached hydrogens (tertiary/aromatic N) is 4. The molecule has 5 nitrogen and oxygen atoms in total. The van der Waals surface area contributed by atoms with Gasteiger partial charge < -0.3 is 9.32 Å². The fourth-order valence-electron chi connectivity index (χ4n) is 7.29. The summed E-state index contributed by atoms with van der Waals surface area (Å²) in [4.78, 5) is 17.2. The minimum atomic E-state index is 0.582. The second-order valence-electron chi connectivity index (χ2n) is 13.7. The fourth-order valence-corrected chi connectivity index (χ4v) is 7.29. The number of furan rings is 1. The quantitative estimate of drug-likeness (QED) is 0.157. The minimum absolute atomic E-state index is 0.582. The first kappa shape index (κ1) is 33.0. The molecule has 0 saturated heterocycles. The minimum Gasteiger partial charge on any atom is -0.456 e. The molecule has 0 aliphatic heterocycles. The predicted octanol–water partition coefficient (Wildman–Crippen LogP) is 13.6. The summed E-state index contributed by atoms with van der Waals surface area (Å²) in [6, 6.07) is 71.1. The molecule has 0 bridgehead atoms. The van der Waals surface area contributed by atoms with Gasteiger partial charge >= 0.3 is 0 Å². The second-order valence-corrected chi connectivity index (χ2v) is 13.7. The van der Waals surface area contributed by atoms with E-state index in [1.165, 1.54) is 11.1 Å². The molecular formula is C51H34N4O. The summed E-state index contributed by atoms with van der Waals surface area (Å²) in [6.45, 7) is 0. The van der Waals surface area contributed by atoms with Crippen LogP contribution in [-0.4, -0.2) is 15.0 Å². The third-order valence-electron chi connectivity index (χ3n) is 10.1. The predicted molar refractivity (Wildman–Crippen MR) is 229 cm³/mol. The van der Waals surface area contributed by atoms with E-state index in [0.717, 1.165) is 66.8 Å². The van der Waals surface area contributed by atoms with Crippen LogP contribution in [-0.2, 0) is 0 Å². The van der Waals surface area contributed by atoms with Gasteiger partial charge in [-0.1, -0.05) is 152 Å². The highest BCUT2D eigenvalue weighted by atomic mass is 16.3. The van der Waals surface area contributed by atoms with E-state index in [0.29, 0.717) is 17.5 Å². The Hall–Kier alpha value is -7.63. The van der Waals surface area contributed by atoms with E-state index in [1.807, 2.05) is 54.6 Å². The number of aromatic nitrogens is 3. The van der Waals surface area contributed by atoms with Crippen molar-refractivity contribution in [1.82, 2.24) is 15.0 Å². The van der Waals surface area contributed by atoms with Crippen molar-refractivity contribution in [3.05, 3.63) is 206 Å². The maximum Gasteiger partial charge on any atom is 0.164 e. The van der Waals surface area contributed by atoms with Crippen LogP contribution in [0.1, 0.15) is 0 Å². The Kier molecular flexibility index (Phi) is 8.43. The lowest BCUT2D eigenvalue weighted by molar-refractivity contribution is 0.669. The Morgan fingerprint density at radius 2 is 0.696 bits per heavy atom. The molecular weight excluding hydrogens is 685 g/mol. The molecule has 0 radical (unpaired) electrons. The number of hydrogen-bond donors (Lipinski definition) is 0. The number of anilines is 3. The Labute approximate surface area is 324 Å². The topological polar surface area (TPSA) is 55.1 Å². The van der Waals surface area contributed by atoms with E-state index >= 15 is 0 Å². The van der Waals surface area contributed by atoms with E-state index in [9.17, 15) is 0 Å². The van der Waals surface area contributed by atoms with E-state index < -0.39 is 0 Å². The molecule has 8 aromatic carbocycles. The molecule has 0 saturated carbocycles. The van der Waals surface area contributed by atoms with Gasteiger partial charge in [-0.05, 0) is 76.9 Å².